The molecule has 29 heavy (non-hydrogen) atoms. The summed E-state index contributed by atoms with van der Waals surface area (Å²) in [6.07, 6.45) is 8.27. The van der Waals surface area contributed by atoms with Gasteiger partial charge in [0.05, 0.1) is 4.88 Å². The molecule has 2 amide bonds. The molecule has 154 valence electrons. The Bertz CT molecular complexity index is 902. The molecule has 2 aromatic rings. The molecule has 1 spiro atoms. The number of thiophene rings is 1. The van der Waals surface area contributed by atoms with E-state index in [9.17, 15) is 9.59 Å². The molecule has 2 aromatic heterocycles. The number of aromatic nitrogens is 3. The Morgan fingerprint density at radius 1 is 1.14 bits per heavy atom. The van der Waals surface area contributed by atoms with E-state index in [1.54, 1.807) is 0 Å². The van der Waals surface area contributed by atoms with Crippen LogP contribution in [0.25, 0.3) is 0 Å². The zero-order chi connectivity index (χ0) is 19.8. The molecule has 4 heterocycles. The zero-order valence-corrected chi connectivity index (χ0v) is 17.4. The van der Waals surface area contributed by atoms with E-state index in [-0.39, 0.29) is 23.3 Å². The first-order valence-electron chi connectivity index (χ1n) is 10.7. The van der Waals surface area contributed by atoms with Gasteiger partial charge < -0.3 is 14.8 Å². The first kappa shape index (κ1) is 18.8. The number of likely N-dealkylation sites (tertiary alicyclic amines) is 1. The van der Waals surface area contributed by atoms with Crippen molar-refractivity contribution in [3.05, 3.63) is 34.0 Å². The second-order valence-corrected chi connectivity index (χ2v) is 9.70. The van der Waals surface area contributed by atoms with Gasteiger partial charge in [-0.25, -0.2) is 0 Å². The largest absolute Gasteiger partial charge is 0.347 e. The Morgan fingerprint density at radius 2 is 1.97 bits per heavy atom. The quantitative estimate of drug-likeness (QED) is 0.839. The standard InChI is InChI=1S/C21H27N5O2S/c27-19(22-15-4-1-2-5-15)18-24-23-17-7-8-21(10-12-26(17)18)9-11-25(14-21)20(28)16-6-3-13-29-16/h3,6,13,15H,1-2,4-5,7-12,14H2,(H,22,27). The van der Waals surface area contributed by atoms with E-state index in [2.05, 4.69) is 15.5 Å². The van der Waals surface area contributed by atoms with Crippen LogP contribution in [0, 0.1) is 5.41 Å². The van der Waals surface area contributed by atoms with Crippen LogP contribution in [-0.4, -0.2) is 50.6 Å². The highest BCUT2D eigenvalue weighted by Gasteiger charge is 2.42. The minimum absolute atomic E-state index is 0.0903. The minimum Gasteiger partial charge on any atom is -0.347 e. The van der Waals surface area contributed by atoms with E-state index in [0.717, 1.165) is 68.9 Å². The number of aryl methyl sites for hydroxylation is 1. The summed E-state index contributed by atoms with van der Waals surface area (Å²) >= 11 is 1.51. The van der Waals surface area contributed by atoms with Gasteiger partial charge in [-0.3, -0.25) is 9.59 Å². The highest BCUT2D eigenvalue weighted by atomic mass is 32.1. The Kier molecular flexibility index (Phi) is 4.89. The van der Waals surface area contributed by atoms with Crippen molar-refractivity contribution >= 4 is 23.2 Å². The zero-order valence-electron chi connectivity index (χ0n) is 16.6. The van der Waals surface area contributed by atoms with Crippen LogP contribution in [0.2, 0.25) is 0 Å². The summed E-state index contributed by atoms with van der Waals surface area (Å²) in [6.45, 7) is 2.36. The van der Waals surface area contributed by atoms with E-state index in [1.807, 2.05) is 27.0 Å². The molecular weight excluding hydrogens is 386 g/mol. The van der Waals surface area contributed by atoms with Crippen molar-refractivity contribution in [1.29, 1.82) is 0 Å². The highest BCUT2D eigenvalue weighted by molar-refractivity contribution is 7.12. The van der Waals surface area contributed by atoms with Gasteiger partial charge in [0.2, 0.25) is 5.82 Å². The number of rotatable bonds is 3. The van der Waals surface area contributed by atoms with Crippen molar-refractivity contribution in [3.8, 4) is 0 Å². The first-order valence-corrected chi connectivity index (χ1v) is 11.6. The molecule has 5 rings (SSSR count). The number of carbonyl (C=O) groups excluding carboxylic acids is 2. The topological polar surface area (TPSA) is 80.1 Å². The number of nitrogens with one attached hydrogen (secondary N) is 1. The molecule has 0 aromatic carbocycles. The summed E-state index contributed by atoms with van der Waals surface area (Å²) in [4.78, 5) is 28.3. The number of hydrogen-bond acceptors (Lipinski definition) is 5. The average molecular weight is 414 g/mol. The summed E-state index contributed by atoms with van der Waals surface area (Å²) in [5.41, 5.74) is 0.118. The van der Waals surface area contributed by atoms with Crippen LogP contribution < -0.4 is 5.32 Å². The molecule has 1 aliphatic carbocycles. The molecular formula is C21H27N5O2S. The molecule has 1 saturated carbocycles. The monoisotopic (exact) mass is 413 g/mol. The van der Waals surface area contributed by atoms with Gasteiger partial charge in [-0.15, -0.1) is 21.5 Å². The molecule has 2 fully saturated rings. The molecule has 1 N–H and O–H groups in total. The van der Waals surface area contributed by atoms with Crippen LogP contribution in [0.1, 0.15) is 71.1 Å². The Morgan fingerprint density at radius 3 is 2.76 bits per heavy atom. The number of nitrogens with zero attached hydrogens (tertiary/aromatic N) is 4. The molecule has 0 bridgehead atoms. The first-order chi connectivity index (χ1) is 14.1. The van der Waals surface area contributed by atoms with Crippen molar-refractivity contribution in [1.82, 2.24) is 25.0 Å². The van der Waals surface area contributed by atoms with Crippen LogP contribution in [0.5, 0.6) is 0 Å². The predicted molar refractivity (Wildman–Crippen MR) is 110 cm³/mol. The van der Waals surface area contributed by atoms with Gasteiger partial charge in [0, 0.05) is 32.1 Å². The van der Waals surface area contributed by atoms with Gasteiger partial charge >= 0.3 is 0 Å². The molecule has 1 atom stereocenters. The lowest BCUT2D eigenvalue weighted by Crippen LogP contribution is -2.35. The molecule has 1 saturated heterocycles. The third-order valence-electron chi connectivity index (χ3n) is 6.92. The maximum absolute atomic E-state index is 12.8. The van der Waals surface area contributed by atoms with Crippen LogP contribution in [0.4, 0.5) is 0 Å². The fraction of sp³-hybridized carbons (Fsp3) is 0.619. The number of hydrogen-bond donors (Lipinski definition) is 1. The Balaban J connectivity index is 1.27. The fourth-order valence-corrected chi connectivity index (χ4v) is 5.86. The Labute approximate surface area is 174 Å². The maximum Gasteiger partial charge on any atom is 0.289 e. The van der Waals surface area contributed by atoms with Crippen molar-refractivity contribution in [2.24, 2.45) is 5.41 Å². The molecule has 8 heteroatoms. The summed E-state index contributed by atoms with van der Waals surface area (Å²) in [7, 11) is 0. The van der Waals surface area contributed by atoms with Gasteiger partial charge in [-0.1, -0.05) is 18.9 Å². The van der Waals surface area contributed by atoms with Gasteiger partial charge in [-0.05, 0) is 49.0 Å². The third kappa shape index (κ3) is 3.58. The molecule has 7 nitrogen and oxygen atoms in total. The van der Waals surface area contributed by atoms with Crippen molar-refractivity contribution in [2.45, 2.75) is 64.0 Å². The number of carbonyl (C=O) groups is 2. The summed E-state index contributed by atoms with van der Waals surface area (Å²) in [6, 6.07) is 4.11. The van der Waals surface area contributed by atoms with E-state index in [4.69, 9.17) is 0 Å². The lowest BCUT2D eigenvalue weighted by molar-refractivity contribution is 0.0772. The van der Waals surface area contributed by atoms with Crippen LogP contribution >= 0.6 is 11.3 Å². The van der Waals surface area contributed by atoms with Gasteiger partial charge in [0.15, 0.2) is 0 Å². The smallest absolute Gasteiger partial charge is 0.289 e. The summed E-state index contributed by atoms with van der Waals surface area (Å²) < 4.78 is 2.02. The lowest BCUT2D eigenvalue weighted by Gasteiger charge is -2.27. The van der Waals surface area contributed by atoms with Gasteiger partial charge in [0.25, 0.3) is 11.8 Å². The molecule has 1 unspecified atom stereocenters. The Hall–Kier alpha value is -2.22. The second-order valence-electron chi connectivity index (χ2n) is 8.75. The van der Waals surface area contributed by atoms with E-state index >= 15 is 0 Å². The van der Waals surface area contributed by atoms with Crippen LogP contribution in [-0.2, 0) is 13.0 Å². The lowest BCUT2D eigenvalue weighted by atomic mass is 9.80. The fourth-order valence-electron chi connectivity index (χ4n) is 5.17. The van der Waals surface area contributed by atoms with E-state index in [1.165, 1.54) is 24.2 Å². The summed E-state index contributed by atoms with van der Waals surface area (Å²) in [5.74, 6) is 1.42. The molecule has 3 aliphatic rings. The summed E-state index contributed by atoms with van der Waals surface area (Å²) in [5, 5.41) is 13.6. The normalized spacial score (nSPS) is 24.6. The van der Waals surface area contributed by atoms with Crippen LogP contribution in [0.15, 0.2) is 17.5 Å². The van der Waals surface area contributed by atoms with Crippen LogP contribution in [0.3, 0.4) is 0 Å². The average Bonchev–Trinajstić information content (AvgIpc) is 3.50. The van der Waals surface area contributed by atoms with E-state index in [0.29, 0.717) is 5.82 Å². The maximum atomic E-state index is 12.8. The minimum atomic E-state index is -0.0903. The third-order valence-corrected chi connectivity index (χ3v) is 7.78. The second kappa shape index (κ2) is 7.55. The molecule has 2 aliphatic heterocycles. The SMILES string of the molecule is O=C(NC1CCCC1)c1nnc2n1CCC1(CC2)CCN(C(=O)c2cccs2)C1. The van der Waals surface area contributed by atoms with Crippen molar-refractivity contribution < 1.29 is 9.59 Å². The predicted octanol–water partition coefficient (Wildman–Crippen LogP) is 2.88. The molecule has 0 radical (unpaired) electrons. The van der Waals surface area contributed by atoms with Crippen molar-refractivity contribution in [3.63, 3.8) is 0 Å². The van der Waals surface area contributed by atoms with E-state index < -0.39 is 0 Å². The number of amides is 2. The van der Waals surface area contributed by atoms with Crippen molar-refractivity contribution in [2.75, 3.05) is 13.1 Å². The van der Waals surface area contributed by atoms with Gasteiger partial charge in [0.1, 0.15) is 5.82 Å². The van der Waals surface area contributed by atoms with Gasteiger partial charge in [-0.2, -0.15) is 0 Å². The highest BCUT2D eigenvalue weighted by Crippen LogP contribution is 2.41. The number of fused-ring (bicyclic) bond motifs is 1.